The lowest BCUT2D eigenvalue weighted by Crippen LogP contribution is -2.42. The lowest BCUT2D eigenvalue weighted by atomic mass is 9.85. The summed E-state index contributed by atoms with van der Waals surface area (Å²) < 4.78 is 65.2. The number of halogens is 5. The molecule has 0 aliphatic heterocycles. The van der Waals surface area contributed by atoms with Gasteiger partial charge in [0.15, 0.2) is 0 Å². The normalized spacial score (nSPS) is 14.1. The third-order valence-electron chi connectivity index (χ3n) is 2.94. The average Bonchev–Trinajstić information content (AvgIpc) is 2.23. The third-order valence-corrected chi connectivity index (χ3v) is 3.61. The van der Waals surface area contributed by atoms with E-state index in [1.807, 2.05) is 13.8 Å². The van der Waals surface area contributed by atoms with Gasteiger partial charge >= 0.3 is 12.1 Å². The van der Waals surface area contributed by atoms with Gasteiger partial charge in [0, 0.05) is 5.41 Å². The van der Waals surface area contributed by atoms with Crippen LogP contribution < -0.4 is 0 Å². The molecular weight excluding hydrogens is 263 g/mol. The predicted molar refractivity (Wildman–Crippen MR) is 58.7 cm³/mol. The van der Waals surface area contributed by atoms with Crippen LogP contribution in [0.25, 0.3) is 0 Å². The maximum absolute atomic E-state index is 12.5. The van der Waals surface area contributed by atoms with E-state index in [0.717, 1.165) is 0 Å². The summed E-state index contributed by atoms with van der Waals surface area (Å²) in [4.78, 5) is 0. The molecule has 0 fully saturated rings. The molecule has 0 radical (unpaired) electrons. The summed E-state index contributed by atoms with van der Waals surface area (Å²) in [5, 5.41) is 0. The molecule has 0 aliphatic carbocycles. The Morgan fingerprint density at radius 1 is 0.941 bits per heavy atom. The van der Waals surface area contributed by atoms with Gasteiger partial charge in [-0.1, -0.05) is 13.8 Å². The van der Waals surface area contributed by atoms with Gasteiger partial charge in [-0.15, -0.1) is 0 Å². The lowest BCUT2D eigenvalue weighted by molar-refractivity contribution is -0.298. The van der Waals surface area contributed by atoms with Crippen LogP contribution in [0.15, 0.2) is 0 Å². The van der Waals surface area contributed by atoms with Crippen molar-refractivity contribution in [1.29, 1.82) is 0 Å². The van der Waals surface area contributed by atoms with E-state index in [0.29, 0.717) is 18.6 Å². The first-order valence-corrected chi connectivity index (χ1v) is 5.90. The van der Waals surface area contributed by atoms with Crippen molar-refractivity contribution in [2.24, 2.45) is 5.41 Å². The molecule has 0 aromatic carbocycles. The number of hydrogen-bond donors (Lipinski definition) is 1. The van der Waals surface area contributed by atoms with Crippen LogP contribution in [0.3, 0.4) is 0 Å². The monoisotopic (exact) mass is 280 g/mol. The first kappa shape index (κ1) is 17.0. The smallest absolute Gasteiger partial charge is 0.374 e. The third kappa shape index (κ3) is 4.62. The van der Waals surface area contributed by atoms with Crippen molar-refractivity contribution in [3.8, 4) is 0 Å². The highest BCUT2D eigenvalue weighted by atomic mass is 32.1. The zero-order valence-corrected chi connectivity index (χ0v) is 10.7. The van der Waals surface area contributed by atoms with E-state index < -0.39 is 24.1 Å². The maximum Gasteiger partial charge on any atom is 0.455 e. The molecule has 0 amide bonds. The van der Waals surface area contributed by atoms with Crippen LogP contribution in [0.4, 0.5) is 22.0 Å². The topological polar surface area (TPSA) is 9.23 Å². The van der Waals surface area contributed by atoms with Crippen LogP contribution in [-0.4, -0.2) is 31.1 Å². The molecule has 1 nitrogen and oxygen atoms in total. The highest BCUT2D eigenvalue weighted by molar-refractivity contribution is 7.80. The Hall–Kier alpha value is -0.0400. The van der Waals surface area contributed by atoms with E-state index in [-0.39, 0.29) is 6.61 Å². The number of thiol groups is 1. The zero-order valence-electron chi connectivity index (χ0n) is 9.78. The van der Waals surface area contributed by atoms with E-state index in [9.17, 15) is 22.0 Å². The van der Waals surface area contributed by atoms with Crippen molar-refractivity contribution >= 4 is 12.6 Å². The second-order valence-corrected chi connectivity index (χ2v) is 4.38. The van der Waals surface area contributed by atoms with Gasteiger partial charge in [0.05, 0.1) is 6.61 Å². The van der Waals surface area contributed by atoms with Gasteiger partial charge < -0.3 is 4.74 Å². The molecule has 0 aromatic rings. The Labute approximate surface area is 103 Å². The van der Waals surface area contributed by atoms with E-state index in [4.69, 9.17) is 0 Å². The molecule has 0 aromatic heterocycles. The molecule has 0 heterocycles. The fourth-order valence-electron chi connectivity index (χ4n) is 1.20. The Morgan fingerprint density at radius 3 is 1.71 bits per heavy atom. The molecular formula is C10H17F5OS. The molecule has 0 spiro atoms. The summed E-state index contributed by atoms with van der Waals surface area (Å²) in [7, 11) is 0. The Morgan fingerprint density at radius 2 is 1.41 bits per heavy atom. The molecule has 0 unspecified atom stereocenters. The van der Waals surface area contributed by atoms with Gasteiger partial charge in [0.1, 0.15) is 6.61 Å². The van der Waals surface area contributed by atoms with Crippen molar-refractivity contribution in [3.05, 3.63) is 0 Å². The van der Waals surface area contributed by atoms with Gasteiger partial charge in [-0.3, -0.25) is 0 Å². The summed E-state index contributed by atoms with van der Waals surface area (Å²) in [6, 6.07) is 0. The first-order valence-electron chi connectivity index (χ1n) is 5.27. The van der Waals surface area contributed by atoms with Gasteiger partial charge in [0.2, 0.25) is 0 Å². The second-order valence-electron chi connectivity index (χ2n) is 4.06. The summed E-state index contributed by atoms with van der Waals surface area (Å²) in [5.41, 5.74) is -0.440. The van der Waals surface area contributed by atoms with E-state index in [1.165, 1.54) is 0 Å². The Bertz CT molecular complexity index is 215. The SMILES string of the molecule is CCC(CC)(CS)COCC(F)(F)C(F)(F)F. The summed E-state index contributed by atoms with van der Waals surface area (Å²) in [6.07, 6.45) is -4.33. The first-order chi connectivity index (χ1) is 7.64. The van der Waals surface area contributed by atoms with Gasteiger partial charge in [-0.25, -0.2) is 0 Å². The van der Waals surface area contributed by atoms with Crippen LogP contribution in [0.5, 0.6) is 0 Å². The Kier molecular flexibility index (Phi) is 6.21. The molecule has 0 N–H and O–H groups in total. The van der Waals surface area contributed by atoms with Crippen molar-refractivity contribution in [2.45, 2.75) is 38.8 Å². The number of hydrogen-bond acceptors (Lipinski definition) is 2. The summed E-state index contributed by atoms with van der Waals surface area (Å²) in [6.45, 7) is 1.87. The van der Waals surface area contributed by atoms with Crippen molar-refractivity contribution in [3.63, 3.8) is 0 Å². The highest BCUT2D eigenvalue weighted by Crippen LogP contribution is 2.36. The van der Waals surface area contributed by atoms with Crippen LogP contribution in [-0.2, 0) is 4.74 Å². The Balaban J connectivity index is 4.32. The summed E-state index contributed by atoms with van der Waals surface area (Å²) in [5.74, 6) is -4.41. The molecule has 0 aliphatic rings. The standard InChI is InChI=1S/C10H17F5OS/c1-3-8(4-2,7-17)5-16-6-9(11,12)10(13,14)15/h17H,3-7H2,1-2H3. The molecule has 0 saturated carbocycles. The highest BCUT2D eigenvalue weighted by Gasteiger charge is 2.57. The fraction of sp³-hybridized carbons (Fsp3) is 1.00. The maximum atomic E-state index is 12.5. The van der Waals surface area contributed by atoms with E-state index >= 15 is 0 Å². The van der Waals surface area contributed by atoms with Crippen molar-refractivity contribution in [1.82, 2.24) is 0 Å². The minimum Gasteiger partial charge on any atom is -0.374 e. The van der Waals surface area contributed by atoms with E-state index in [2.05, 4.69) is 17.4 Å². The van der Waals surface area contributed by atoms with Gasteiger partial charge in [-0.2, -0.15) is 34.6 Å². The number of alkyl halides is 5. The molecule has 0 bridgehead atoms. The predicted octanol–water partition coefficient (Wildman–Crippen LogP) is 3.94. The molecule has 104 valence electrons. The van der Waals surface area contributed by atoms with Crippen molar-refractivity contribution in [2.75, 3.05) is 19.0 Å². The quantitative estimate of drug-likeness (QED) is 0.549. The molecule has 0 rings (SSSR count). The molecule has 17 heavy (non-hydrogen) atoms. The summed E-state index contributed by atoms with van der Waals surface area (Å²) >= 11 is 4.07. The van der Waals surface area contributed by atoms with Crippen LogP contribution in [0, 0.1) is 5.41 Å². The van der Waals surface area contributed by atoms with E-state index in [1.54, 1.807) is 0 Å². The van der Waals surface area contributed by atoms with Crippen molar-refractivity contribution < 1.29 is 26.7 Å². The number of ether oxygens (including phenoxy) is 1. The zero-order chi connectivity index (χ0) is 13.7. The molecule has 0 saturated heterocycles. The van der Waals surface area contributed by atoms with Crippen LogP contribution in [0.2, 0.25) is 0 Å². The molecule has 7 heteroatoms. The lowest BCUT2D eigenvalue weighted by Gasteiger charge is -2.30. The van der Waals surface area contributed by atoms with Gasteiger partial charge in [-0.05, 0) is 18.6 Å². The van der Waals surface area contributed by atoms with Crippen LogP contribution in [0.1, 0.15) is 26.7 Å². The van der Waals surface area contributed by atoms with Crippen LogP contribution >= 0.6 is 12.6 Å². The van der Waals surface area contributed by atoms with Gasteiger partial charge in [0.25, 0.3) is 0 Å². The minimum atomic E-state index is -5.56. The molecule has 0 atom stereocenters. The fourth-order valence-corrected chi connectivity index (χ4v) is 1.74. The minimum absolute atomic E-state index is 0.144. The average molecular weight is 280 g/mol. The largest absolute Gasteiger partial charge is 0.455 e. The number of rotatable bonds is 7. The second kappa shape index (κ2) is 6.22.